The molecular weight excluding hydrogens is 418 g/mol. The summed E-state index contributed by atoms with van der Waals surface area (Å²) in [7, 11) is 1.62. The molecule has 3 rings (SSSR count). The molecule has 2 aromatic carbocycles. The van der Waals surface area contributed by atoms with Gasteiger partial charge >= 0.3 is 0 Å². The van der Waals surface area contributed by atoms with E-state index in [0.29, 0.717) is 5.75 Å². The van der Waals surface area contributed by atoms with Crippen LogP contribution in [0.25, 0.3) is 27.7 Å². The molecule has 0 bridgehead atoms. The number of rotatable bonds is 6. The number of halogens is 1. The summed E-state index contributed by atoms with van der Waals surface area (Å²) in [4.78, 5) is 12.3. The Morgan fingerprint density at radius 2 is 2.00 bits per heavy atom. The number of benzene rings is 2. The minimum atomic E-state index is -0.102. The molecular formula is C23H24BrNO3. The average molecular weight is 442 g/mol. The van der Waals surface area contributed by atoms with Crippen LogP contribution < -0.4 is 10.1 Å². The van der Waals surface area contributed by atoms with E-state index in [1.165, 1.54) is 0 Å². The standard InChI is InChI=1S/C23H24BrNO3/c1-5-15(3)25-23(26)10-14(2)18-11-19-20(16-6-8-17(24)9-7-16)13-28-22(19)12-21(18)27-4/h6-13,15H,5H2,1-4H3,(H,25,26)/b14-10+. The third-order valence-corrected chi connectivity index (χ3v) is 5.35. The molecule has 0 radical (unpaired) electrons. The quantitative estimate of drug-likeness (QED) is 0.463. The van der Waals surface area contributed by atoms with Gasteiger partial charge in [-0.15, -0.1) is 0 Å². The van der Waals surface area contributed by atoms with E-state index in [9.17, 15) is 4.79 Å². The third kappa shape index (κ3) is 4.30. The topological polar surface area (TPSA) is 51.5 Å². The predicted molar refractivity (Wildman–Crippen MR) is 117 cm³/mol. The smallest absolute Gasteiger partial charge is 0.244 e. The van der Waals surface area contributed by atoms with E-state index in [4.69, 9.17) is 9.15 Å². The molecule has 0 aliphatic carbocycles. The highest BCUT2D eigenvalue weighted by Crippen LogP contribution is 2.37. The van der Waals surface area contributed by atoms with Crippen molar-refractivity contribution in [3.8, 4) is 16.9 Å². The van der Waals surface area contributed by atoms with Crippen molar-refractivity contribution in [2.45, 2.75) is 33.2 Å². The number of amides is 1. The van der Waals surface area contributed by atoms with Crippen LogP contribution in [0.5, 0.6) is 5.75 Å². The minimum Gasteiger partial charge on any atom is -0.496 e. The fourth-order valence-corrected chi connectivity index (χ4v) is 3.31. The van der Waals surface area contributed by atoms with E-state index in [1.54, 1.807) is 19.4 Å². The Labute approximate surface area is 173 Å². The minimum absolute atomic E-state index is 0.102. The van der Waals surface area contributed by atoms with Gasteiger partial charge in [0.2, 0.25) is 5.91 Å². The van der Waals surface area contributed by atoms with Crippen molar-refractivity contribution in [2.24, 2.45) is 0 Å². The zero-order valence-electron chi connectivity index (χ0n) is 16.5. The summed E-state index contributed by atoms with van der Waals surface area (Å²) in [5.41, 5.74) is 4.52. The number of methoxy groups -OCH3 is 1. The Morgan fingerprint density at radius 3 is 2.64 bits per heavy atom. The highest BCUT2D eigenvalue weighted by Gasteiger charge is 2.15. The number of allylic oxidation sites excluding steroid dienone is 1. The first-order valence-electron chi connectivity index (χ1n) is 9.27. The van der Waals surface area contributed by atoms with Gasteiger partial charge in [-0.2, -0.15) is 0 Å². The van der Waals surface area contributed by atoms with Gasteiger partial charge in [0.05, 0.1) is 13.4 Å². The Bertz CT molecular complexity index is 1020. The molecule has 1 N–H and O–H groups in total. The van der Waals surface area contributed by atoms with Crippen molar-refractivity contribution >= 4 is 38.4 Å². The Kier molecular flexibility index (Phi) is 6.25. The van der Waals surface area contributed by atoms with Crippen LogP contribution in [-0.2, 0) is 4.79 Å². The average Bonchev–Trinajstić information content (AvgIpc) is 3.10. The molecule has 0 aliphatic rings. The number of carbonyl (C=O) groups is 1. The summed E-state index contributed by atoms with van der Waals surface area (Å²) in [5, 5.41) is 3.94. The molecule has 0 aliphatic heterocycles. The predicted octanol–water partition coefficient (Wildman–Crippen LogP) is 6.19. The number of ether oxygens (including phenoxy) is 1. The molecule has 3 aromatic rings. The summed E-state index contributed by atoms with van der Waals surface area (Å²) < 4.78 is 12.3. The molecule has 4 nitrogen and oxygen atoms in total. The number of fused-ring (bicyclic) bond motifs is 1. The number of hydrogen-bond donors (Lipinski definition) is 1. The summed E-state index contributed by atoms with van der Waals surface area (Å²) >= 11 is 3.47. The first kappa shape index (κ1) is 20.2. The van der Waals surface area contributed by atoms with Crippen molar-refractivity contribution in [3.05, 3.63) is 58.8 Å². The van der Waals surface area contributed by atoms with Crippen LogP contribution >= 0.6 is 15.9 Å². The molecule has 0 saturated carbocycles. The van der Waals surface area contributed by atoms with Crippen LogP contribution in [0, 0.1) is 0 Å². The van der Waals surface area contributed by atoms with Gasteiger partial charge in [-0.25, -0.2) is 0 Å². The van der Waals surface area contributed by atoms with Gasteiger partial charge in [-0.1, -0.05) is 35.0 Å². The van der Waals surface area contributed by atoms with Crippen LogP contribution in [0.4, 0.5) is 0 Å². The largest absolute Gasteiger partial charge is 0.496 e. The monoisotopic (exact) mass is 441 g/mol. The van der Waals surface area contributed by atoms with Crippen LogP contribution in [0.15, 0.2) is 57.6 Å². The van der Waals surface area contributed by atoms with Gasteiger partial charge in [0, 0.05) is 39.2 Å². The number of nitrogens with one attached hydrogen (secondary N) is 1. The van der Waals surface area contributed by atoms with E-state index in [-0.39, 0.29) is 11.9 Å². The highest BCUT2D eigenvalue weighted by atomic mass is 79.9. The second kappa shape index (κ2) is 8.65. The second-order valence-electron chi connectivity index (χ2n) is 6.85. The lowest BCUT2D eigenvalue weighted by Gasteiger charge is -2.12. The van der Waals surface area contributed by atoms with Crippen LogP contribution in [0.1, 0.15) is 32.8 Å². The van der Waals surface area contributed by atoms with Gasteiger partial charge < -0.3 is 14.5 Å². The number of carbonyl (C=O) groups excluding carboxylic acids is 1. The maximum absolute atomic E-state index is 12.3. The van der Waals surface area contributed by atoms with Crippen molar-refractivity contribution in [1.82, 2.24) is 5.32 Å². The fourth-order valence-electron chi connectivity index (χ4n) is 3.05. The molecule has 0 fully saturated rings. The number of furan rings is 1. The lowest BCUT2D eigenvalue weighted by molar-refractivity contribution is -0.117. The molecule has 0 spiro atoms. The summed E-state index contributed by atoms with van der Waals surface area (Å²) in [5.74, 6) is 0.573. The molecule has 1 heterocycles. The highest BCUT2D eigenvalue weighted by molar-refractivity contribution is 9.10. The maximum Gasteiger partial charge on any atom is 0.244 e. The molecule has 146 valence electrons. The Hall–Kier alpha value is -2.53. The second-order valence-corrected chi connectivity index (χ2v) is 7.77. The lowest BCUT2D eigenvalue weighted by Crippen LogP contribution is -2.30. The summed E-state index contributed by atoms with van der Waals surface area (Å²) in [6.45, 7) is 5.95. The zero-order valence-corrected chi connectivity index (χ0v) is 18.1. The molecule has 5 heteroatoms. The Morgan fingerprint density at radius 1 is 1.29 bits per heavy atom. The van der Waals surface area contributed by atoms with E-state index >= 15 is 0 Å². The first-order chi connectivity index (χ1) is 13.4. The van der Waals surface area contributed by atoms with E-state index in [0.717, 1.165) is 44.1 Å². The van der Waals surface area contributed by atoms with Crippen molar-refractivity contribution in [1.29, 1.82) is 0 Å². The first-order valence-corrected chi connectivity index (χ1v) is 10.1. The molecule has 1 atom stereocenters. The molecule has 28 heavy (non-hydrogen) atoms. The van der Waals surface area contributed by atoms with Crippen molar-refractivity contribution in [2.75, 3.05) is 7.11 Å². The maximum atomic E-state index is 12.3. The van der Waals surface area contributed by atoms with E-state index < -0.39 is 0 Å². The van der Waals surface area contributed by atoms with Crippen LogP contribution in [0.2, 0.25) is 0 Å². The van der Waals surface area contributed by atoms with E-state index in [1.807, 2.05) is 57.2 Å². The summed E-state index contributed by atoms with van der Waals surface area (Å²) in [6.07, 6.45) is 4.26. The Balaban J connectivity index is 2.05. The van der Waals surface area contributed by atoms with Crippen molar-refractivity contribution in [3.63, 3.8) is 0 Å². The van der Waals surface area contributed by atoms with Crippen LogP contribution in [0.3, 0.4) is 0 Å². The normalized spacial score (nSPS) is 12.8. The SMILES string of the molecule is CCC(C)NC(=O)/C=C(\C)c1cc2c(-c3ccc(Br)cc3)coc2cc1OC. The molecule has 1 aromatic heterocycles. The van der Waals surface area contributed by atoms with Gasteiger partial charge in [0.25, 0.3) is 0 Å². The lowest BCUT2D eigenvalue weighted by atomic mass is 9.99. The molecule has 1 unspecified atom stereocenters. The van der Waals surface area contributed by atoms with Gasteiger partial charge in [0.1, 0.15) is 11.3 Å². The molecule has 0 saturated heterocycles. The van der Waals surface area contributed by atoms with Gasteiger partial charge in [-0.05, 0) is 49.6 Å². The summed E-state index contributed by atoms with van der Waals surface area (Å²) in [6, 6.07) is 12.1. The molecule has 1 amide bonds. The van der Waals surface area contributed by atoms with E-state index in [2.05, 4.69) is 21.2 Å². The van der Waals surface area contributed by atoms with Gasteiger partial charge in [-0.3, -0.25) is 4.79 Å². The third-order valence-electron chi connectivity index (χ3n) is 4.82. The van der Waals surface area contributed by atoms with Gasteiger partial charge in [0.15, 0.2) is 0 Å². The van der Waals surface area contributed by atoms with Crippen LogP contribution in [-0.4, -0.2) is 19.1 Å². The zero-order chi connectivity index (χ0) is 20.3. The number of hydrogen-bond acceptors (Lipinski definition) is 3. The fraction of sp³-hybridized carbons (Fsp3) is 0.261. The van der Waals surface area contributed by atoms with Crippen molar-refractivity contribution < 1.29 is 13.9 Å².